The van der Waals surface area contributed by atoms with Gasteiger partial charge in [-0.2, -0.15) is 0 Å². The van der Waals surface area contributed by atoms with Crippen LogP contribution in [0.2, 0.25) is 0 Å². The summed E-state index contributed by atoms with van der Waals surface area (Å²) >= 11 is 0. The summed E-state index contributed by atoms with van der Waals surface area (Å²) in [5.41, 5.74) is 3.15. The minimum absolute atomic E-state index is 0.272. The highest BCUT2D eigenvalue weighted by Crippen LogP contribution is 2.19. The summed E-state index contributed by atoms with van der Waals surface area (Å²) in [5.74, 6) is 0.794. The SMILES string of the molecule is Cc1cccc(OCC(O)c2ccccc2C)c1. The smallest absolute Gasteiger partial charge is 0.119 e. The van der Waals surface area contributed by atoms with Gasteiger partial charge in [0.2, 0.25) is 0 Å². The zero-order chi connectivity index (χ0) is 13.0. The fourth-order valence-corrected chi connectivity index (χ4v) is 1.93. The quantitative estimate of drug-likeness (QED) is 0.890. The normalized spacial score (nSPS) is 12.2. The van der Waals surface area contributed by atoms with Gasteiger partial charge >= 0.3 is 0 Å². The Bertz CT molecular complexity index is 520. The van der Waals surface area contributed by atoms with Crippen molar-refractivity contribution in [2.24, 2.45) is 0 Å². The molecule has 0 aromatic heterocycles. The van der Waals surface area contributed by atoms with Gasteiger partial charge in [-0.1, -0.05) is 36.4 Å². The maximum absolute atomic E-state index is 10.1. The number of aliphatic hydroxyl groups is 1. The van der Waals surface area contributed by atoms with Crippen LogP contribution >= 0.6 is 0 Å². The van der Waals surface area contributed by atoms with E-state index in [-0.39, 0.29) is 6.61 Å². The van der Waals surface area contributed by atoms with E-state index in [1.165, 1.54) is 0 Å². The first-order chi connectivity index (χ1) is 8.66. The van der Waals surface area contributed by atoms with E-state index in [0.29, 0.717) is 0 Å². The number of hydrogen-bond acceptors (Lipinski definition) is 2. The van der Waals surface area contributed by atoms with E-state index >= 15 is 0 Å². The van der Waals surface area contributed by atoms with Gasteiger partial charge in [0.1, 0.15) is 18.5 Å². The van der Waals surface area contributed by atoms with Crippen LogP contribution in [0.25, 0.3) is 0 Å². The average molecular weight is 242 g/mol. The third-order valence-corrected chi connectivity index (χ3v) is 2.94. The van der Waals surface area contributed by atoms with Crippen molar-refractivity contribution in [1.82, 2.24) is 0 Å². The first-order valence-electron chi connectivity index (χ1n) is 6.10. The number of rotatable bonds is 4. The second-order valence-corrected chi connectivity index (χ2v) is 4.50. The van der Waals surface area contributed by atoms with Crippen LogP contribution in [0.5, 0.6) is 5.75 Å². The second-order valence-electron chi connectivity index (χ2n) is 4.50. The Balaban J connectivity index is 2.00. The first kappa shape index (κ1) is 12.7. The van der Waals surface area contributed by atoms with Crippen LogP contribution in [0.3, 0.4) is 0 Å². The zero-order valence-corrected chi connectivity index (χ0v) is 10.8. The summed E-state index contributed by atoms with van der Waals surface area (Å²) in [5, 5.41) is 10.1. The van der Waals surface area contributed by atoms with Gasteiger partial charge in [-0.25, -0.2) is 0 Å². The molecule has 1 N–H and O–H groups in total. The lowest BCUT2D eigenvalue weighted by Gasteiger charge is -2.15. The van der Waals surface area contributed by atoms with E-state index in [9.17, 15) is 5.11 Å². The highest BCUT2D eigenvalue weighted by Gasteiger charge is 2.10. The van der Waals surface area contributed by atoms with E-state index in [1.54, 1.807) is 0 Å². The molecule has 0 radical (unpaired) electrons. The number of hydrogen-bond donors (Lipinski definition) is 1. The Kier molecular flexibility index (Phi) is 4.00. The minimum atomic E-state index is -0.591. The van der Waals surface area contributed by atoms with Crippen LogP contribution in [0, 0.1) is 13.8 Å². The summed E-state index contributed by atoms with van der Waals surface area (Å²) in [6.07, 6.45) is -0.591. The average Bonchev–Trinajstić information content (AvgIpc) is 2.37. The number of ether oxygens (including phenoxy) is 1. The monoisotopic (exact) mass is 242 g/mol. The first-order valence-corrected chi connectivity index (χ1v) is 6.10. The van der Waals surface area contributed by atoms with Crippen LogP contribution in [0.4, 0.5) is 0 Å². The molecule has 1 atom stereocenters. The van der Waals surface area contributed by atoms with E-state index in [0.717, 1.165) is 22.4 Å². The van der Waals surface area contributed by atoms with Crippen LogP contribution < -0.4 is 4.74 Å². The number of benzene rings is 2. The molecule has 2 nitrogen and oxygen atoms in total. The van der Waals surface area contributed by atoms with Crippen molar-refractivity contribution in [3.8, 4) is 5.75 Å². The molecule has 0 fully saturated rings. The molecule has 0 heterocycles. The molecule has 0 aliphatic heterocycles. The Morgan fingerprint density at radius 1 is 1.06 bits per heavy atom. The van der Waals surface area contributed by atoms with Crippen LogP contribution in [0.15, 0.2) is 48.5 Å². The van der Waals surface area contributed by atoms with Crippen molar-refractivity contribution in [2.75, 3.05) is 6.61 Å². The molecule has 2 aromatic rings. The van der Waals surface area contributed by atoms with Crippen molar-refractivity contribution >= 4 is 0 Å². The minimum Gasteiger partial charge on any atom is -0.491 e. The molecule has 0 aliphatic rings. The molecule has 2 aromatic carbocycles. The third-order valence-electron chi connectivity index (χ3n) is 2.94. The maximum atomic E-state index is 10.1. The molecule has 0 saturated carbocycles. The molecule has 0 bridgehead atoms. The molecule has 0 aliphatic carbocycles. The number of aryl methyl sites for hydroxylation is 2. The molecule has 94 valence electrons. The molecule has 18 heavy (non-hydrogen) atoms. The van der Waals surface area contributed by atoms with Gasteiger partial charge in [0, 0.05) is 0 Å². The van der Waals surface area contributed by atoms with Gasteiger partial charge in [-0.15, -0.1) is 0 Å². The lowest BCUT2D eigenvalue weighted by molar-refractivity contribution is 0.107. The molecule has 2 rings (SSSR count). The van der Waals surface area contributed by atoms with Gasteiger partial charge in [-0.05, 0) is 42.7 Å². The summed E-state index contributed by atoms with van der Waals surface area (Å²) in [7, 11) is 0. The largest absolute Gasteiger partial charge is 0.491 e. The highest BCUT2D eigenvalue weighted by atomic mass is 16.5. The highest BCUT2D eigenvalue weighted by molar-refractivity contribution is 5.29. The summed E-state index contributed by atoms with van der Waals surface area (Å²) < 4.78 is 5.61. The maximum Gasteiger partial charge on any atom is 0.119 e. The zero-order valence-electron chi connectivity index (χ0n) is 10.8. The molecular weight excluding hydrogens is 224 g/mol. The van der Waals surface area contributed by atoms with E-state index in [2.05, 4.69) is 0 Å². The second kappa shape index (κ2) is 5.69. The third kappa shape index (κ3) is 3.11. The van der Waals surface area contributed by atoms with Crippen LogP contribution in [-0.4, -0.2) is 11.7 Å². The van der Waals surface area contributed by atoms with E-state index in [1.807, 2.05) is 62.4 Å². The fraction of sp³-hybridized carbons (Fsp3) is 0.250. The van der Waals surface area contributed by atoms with Crippen LogP contribution in [-0.2, 0) is 0 Å². The molecule has 0 amide bonds. The van der Waals surface area contributed by atoms with Crippen molar-refractivity contribution in [3.63, 3.8) is 0 Å². The van der Waals surface area contributed by atoms with Gasteiger partial charge in [-0.3, -0.25) is 0 Å². The van der Waals surface area contributed by atoms with Gasteiger partial charge in [0.05, 0.1) is 0 Å². The lowest BCUT2D eigenvalue weighted by atomic mass is 10.0. The lowest BCUT2D eigenvalue weighted by Crippen LogP contribution is -2.10. The summed E-state index contributed by atoms with van der Waals surface area (Å²) in [6.45, 7) is 4.28. The molecule has 2 heteroatoms. The molecular formula is C16H18O2. The van der Waals surface area contributed by atoms with Crippen molar-refractivity contribution < 1.29 is 9.84 Å². The fourth-order valence-electron chi connectivity index (χ4n) is 1.93. The topological polar surface area (TPSA) is 29.5 Å². The van der Waals surface area contributed by atoms with Crippen LogP contribution in [0.1, 0.15) is 22.8 Å². The molecule has 1 unspecified atom stereocenters. The Hall–Kier alpha value is -1.80. The Morgan fingerprint density at radius 2 is 1.83 bits per heavy atom. The van der Waals surface area contributed by atoms with Crippen molar-refractivity contribution in [1.29, 1.82) is 0 Å². The predicted octanol–water partition coefficient (Wildman–Crippen LogP) is 3.42. The van der Waals surface area contributed by atoms with Gasteiger partial charge in [0.15, 0.2) is 0 Å². The predicted molar refractivity (Wildman–Crippen MR) is 72.8 cm³/mol. The Morgan fingerprint density at radius 3 is 2.56 bits per heavy atom. The van der Waals surface area contributed by atoms with Gasteiger partial charge < -0.3 is 9.84 Å². The van der Waals surface area contributed by atoms with Gasteiger partial charge in [0.25, 0.3) is 0 Å². The standard InChI is InChI=1S/C16H18O2/c1-12-6-5-8-14(10-12)18-11-16(17)15-9-4-3-7-13(15)2/h3-10,16-17H,11H2,1-2H3. The number of aliphatic hydroxyl groups excluding tert-OH is 1. The van der Waals surface area contributed by atoms with E-state index < -0.39 is 6.10 Å². The Labute approximate surface area is 108 Å². The summed E-state index contributed by atoms with van der Waals surface area (Å²) in [6, 6.07) is 15.6. The van der Waals surface area contributed by atoms with Crippen molar-refractivity contribution in [2.45, 2.75) is 20.0 Å². The van der Waals surface area contributed by atoms with Crippen molar-refractivity contribution in [3.05, 3.63) is 65.2 Å². The van der Waals surface area contributed by atoms with E-state index in [4.69, 9.17) is 4.74 Å². The molecule has 0 saturated heterocycles. The summed E-state index contributed by atoms with van der Waals surface area (Å²) in [4.78, 5) is 0. The molecule has 0 spiro atoms.